The van der Waals surface area contributed by atoms with Gasteiger partial charge < -0.3 is 64.4 Å². The van der Waals surface area contributed by atoms with Gasteiger partial charge in [0.25, 0.3) is 5.79 Å². The molecule has 256 valence electrons. The number of phenols is 1. The summed E-state index contributed by atoms with van der Waals surface area (Å²) in [6.45, 7) is -1.18. The van der Waals surface area contributed by atoms with Crippen LogP contribution in [-0.4, -0.2) is 113 Å². The lowest BCUT2D eigenvalue weighted by Gasteiger charge is -2.61. The Hall–Kier alpha value is -4.35. The Morgan fingerprint density at radius 2 is 1.90 bits per heavy atom. The summed E-state index contributed by atoms with van der Waals surface area (Å²) in [6.07, 6.45) is -4.98. The maximum absolute atomic E-state index is 12.8. The van der Waals surface area contributed by atoms with Crippen LogP contribution >= 0.6 is 0 Å². The molecule has 4 aliphatic heterocycles. The summed E-state index contributed by atoms with van der Waals surface area (Å²) < 4.78 is 36.0. The van der Waals surface area contributed by atoms with Gasteiger partial charge in [-0.1, -0.05) is 18.2 Å². The number of aliphatic hydroxyl groups excluding tert-OH is 3. The fourth-order valence-electron chi connectivity index (χ4n) is 7.44. The lowest BCUT2D eigenvalue weighted by Crippen LogP contribution is -2.90. The van der Waals surface area contributed by atoms with Gasteiger partial charge in [-0.2, -0.15) is 0 Å². The maximum atomic E-state index is 12.8. The Morgan fingerprint density at radius 1 is 1.10 bits per heavy atom. The summed E-state index contributed by atoms with van der Waals surface area (Å²) in [6, 6.07) is 12.0. The minimum absolute atomic E-state index is 0.0302. The van der Waals surface area contributed by atoms with Gasteiger partial charge in [-0.25, -0.2) is 4.79 Å². The number of methoxy groups -OCH3 is 2. The second-order valence-corrected chi connectivity index (χ2v) is 12.2. The number of carboxylic acids is 1. The van der Waals surface area contributed by atoms with Gasteiger partial charge >= 0.3 is 5.97 Å². The molecule has 15 nitrogen and oxygen atoms in total. The van der Waals surface area contributed by atoms with Crippen LogP contribution in [0.15, 0.2) is 48.5 Å². The summed E-state index contributed by atoms with van der Waals surface area (Å²) in [5.41, 5.74) is -2.79. The maximum Gasteiger partial charge on any atom is 0.340 e. The van der Waals surface area contributed by atoms with Crippen molar-refractivity contribution in [1.82, 2.24) is 10.6 Å². The number of likely N-dealkylation sites (N-methyl/N-ethyl adjacent to an activating group) is 1. The zero-order valence-corrected chi connectivity index (χ0v) is 26.2. The van der Waals surface area contributed by atoms with Crippen molar-refractivity contribution >= 4 is 5.97 Å². The molecule has 0 spiro atoms. The molecule has 3 aromatic carbocycles. The Balaban J connectivity index is 1.36. The molecule has 8 unspecified atom stereocenters. The number of hydrogen-bond acceptors (Lipinski definition) is 14. The topological polar surface area (TPSA) is 218 Å². The number of nitrogens with one attached hydrogen (secondary N) is 2. The average molecular weight is 669 g/mol. The van der Waals surface area contributed by atoms with Gasteiger partial charge in [0, 0.05) is 23.7 Å². The number of hydrogen-bond donors (Lipinski definition) is 8. The minimum Gasteiger partial charge on any atom is -0.508 e. The highest BCUT2D eigenvalue weighted by Crippen LogP contribution is 2.58. The van der Waals surface area contributed by atoms with Crippen molar-refractivity contribution in [3.05, 3.63) is 59.7 Å². The number of benzene rings is 3. The van der Waals surface area contributed by atoms with Gasteiger partial charge in [0.15, 0.2) is 23.3 Å². The van der Waals surface area contributed by atoms with Gasteiger partial charge in [0.2, 0.25) is 11.4 Å². The van der Waals surface area contributed by atoms with E-state index in [-0.39, 0.29) is 30.6 Å². The molecule has 3 aromatic rings. The van der Waals surface area contributed by atoms with E-state index in [0.29, 0.717) is 39.7 Å². The quantitative estimate of drug-likeness (QED) is 0.161. The SMILES string of the molecule is CNC1CNC2(O)C(O)C(CO)(Oc3cc4c(c(-c5cccc(O)c5)c3)C3Oc5c(ccc(OC)c5OC)C3CO4)OC1(C(=O)O)C2O. The number of aromatic hydroxyl groups is 1. The predicted molar refractivity (Wildman–Crippen MR) is 164 cm³/mol. The molecule has 48 heavy (non-hydrogen) atoms. The van der Waals surface area contributed by atoms with Gasteiger partial charge in [-0.3, -0.25) is 5.32 Å². The first kappa shape index (κ1) is 32.2. The van der Waals surface area contributed by atoms with E-state index < -0.39 is 54.0 Å². The highest BCUT2D eigenvalue weighted by molar-refractivity contribution is 5.81. The van der Waals surface area contributed by atoms with Crippen LogP contribution in [0.3, 0.4) is 0 Å². The van der Waals surface area contributed by atoms with Crippen molar-refractivity contribution in [2.75, 3.05) is 41.0 Å². The highest BCUT2D eigenvalue weighted by atomic mass is 16.7. The first-order valence-electron chi connectivity index (χ1n) is 15.2. The molecule has 0 radical (unpaired) electrons. The van der Waals surface area contributed by atoms with Crippen LogP contribution in [0.2, 0.25) is 0 Å². The van der Waals surface area contributed by atoms with E-state index in [0.717, 1.165) is 5.56 Å². The molecule has 8 atom stereocenters. The van der Waals surface area contributed by atoms with E-state index in [1.165, 1.54) is 45.5 Å². The number of phenolic OH excluding ortho intramolecular Hbond substituents is 1. The molecule has 2 fully saturated rings. The monoisotopic (exact) mass is 668 g/mol. The van der Waals surface area contributed by atoms with Crippen molar-refractivity contribution in [3.63, 3.8) is 0 Å². The number of rotatable bonds is 8. The molecule has 0 aromatic heterocycles. The average Bonchev–Trinajstić information content (AvgIpc) is 3.47. The standard InChI is InChI=1S/C33H36N2O13/c1-34-23-12-35-33(42)28(38)31(14-36,48-32(23,29(33)39)30(40)41)47-17-10-19(15-5-4-6-16(37)9-15)24-22(11-17)45-13-20-18-7-8-21(43-2)27(44-3)26(18)46-25(20)24/h4-11,20,23,25,28-29,34-39,42H,12-14H2,1-3H3,(H,40,41). The van der Waals surface area contributed by atoms with Gasteiger partial charge in [0.05, 0.1) is 32.8 Å². The number of aliphatic carboxylic acids is 1. The van der Waals surface area contributed by atoms with Crippen molar-refractivity contribution in [2.45, 2.75) is 47.4 Å². The van der Waals surface area contributed by atoms with Crippen LogP contribution in [0.1, 0.15) is 23.1 Å². The number of piperidine rings is 1. The lowest BCUT2D eigenvalue weighted by molar-refractivity contribution is -0.411. The second kappa shape index (κ2) is 11.4. The molecular weight excluding hydrogens is 632 g/mol. The molecule has 15 heteroatoms. The Kier molecular flexibility index (Phi) is 7.63. The summed E-state index contributed by atoms with van der Waals surface area (Å²) in [4.78, 5) is 12.8. The first-order valence-corrected chi connectivity index (χ1v) is 15.2. The second-order valence-electron chi connectivity index (χ2n) is 12.2. The van der Waals surface area contributed by atoms with E-state index in [9.17, 15) is 35.4 Å². The summed E-state index contributed by atoms with van der Waals surface area (Å²) in [5, 5.41) is 70.9. The zero-order valence-electron chi connectivity index (χ0n) is 26.2. The van der Waals surface area contributed by atoms with Crippen LogP contribution in [0.4, 0.5) is 0 Å². The van der Waals surface area contributed by atoms with Crippen LogP contribution in [0.5, 0.6) is 34.5 Å². The molecule has 7 rings (SSSR count). The van der Waals surface area contributed by atoms with E-state index in [1.807, 2.05) is 6.07 Å². The molecule has 4 heterocycles. The smallest absolute Gasteiger partial charge is 0.340 e. The van der Waals surface area contributed by atoms with Crippen LogP contribution in [0.25, 0.3) is 11.1 Å². The molecule has 8 N–H and O–H groups in total. The fourth-order valence-corrected chi connectivity index (χ4v) is 7.44. The Labute approximate surface area is 274 Å². The predicted octanol–water partition coefficient (Wildman–Crippen LogP) is 0.209. The van der Waals surface area contributed by atoms with Crippen molar-refractivity contribution < 1.29 is 63.9 Å². The van der Waals surface area contributed by atoms with Crippen LogP contribution in [-0.2, 0) is 9.53 Å². The van der Waals surface area contributed by atoms with Crippen molar-refractivity contribution in [3.8, 4) is 45.6 Å². The first-order chi connectivity index (χ1) is 23.0. The number of aliphatic hydroxyl groups is 4. The van der Waals surface area contributed by atoms with Gasteiger partial charge in [0.1, 0.15) is 36.1 Å². The summed E-state index contributed by atoms with van der Waals surface area (Å²) in [5.74, 6) is -2.94. The third-order valence-electron chi connectivity index (χ3n) is 9.81. The van der Waals surface area contributed by atoms with Crippen molar-refractivity contribution in [1.29, 1.82) is 0 Å². The van der Waals surface area contributed by atoms with E-state index in [2.05, 4.69) is 10.6 Å². The van der Waals surface area contributed by atoms with Crippen LogP contribution < -0.4 is 34.3 Å². The highest BCUT2D eigenvalue weighted by Gasteiger charge is 2.76. The lowest BCUT2D eigenvalue weighted by atomic mass is 9.71. The molecule has 4 aliphatic rings. The normalized spacial score (nSPS) is 32.9. The Bertz CT molecular complexity index is 1770. The van der Waals surface area contributed by atoms with E-state index >= 15 is 0 Å². The summed E-state index contributed by atoms with van der Waals surface area (Å²) >= 11 is 0. The number of carbonyl (C=O) groups is 1. The molecule has 0 amide bonds. The summed E-state index contributed by atoms with van der Waals surface area (Å²) in [7, 11) is 4.48. The molecule has 2 saturated heterocycles. The third-order valence-corrected chi connectivity index (χ3v) is 9.81. The number of ether oxygens (including phenoxy) is 6. The molecular formula is C33H36N2O13. The molecule has 0 aliphatic carbocycles. The molecule has 2 bridgehead atoms. The number of carboxylic acid groups (broad SMARTS) is 1. The van der Waals surface area contributed by atoms with Gasteiger partial charge in [-0.15, -0.1) is 0 Å². The van der Waals surface area contributed by atoms with Gasteiger partial charge in [-0.05, 0) is 42.4 Å². The third kappa shape index (κ3) is 4.36. The van der Waals surface area contributed by atoms with Crippen molar-refractivity contribution in [2.24, 2.45) is 0 Å². The molecule has 0 saturated carbocycles. The van der Waals surface area contributed by atoms with E-state index in [4.69, 9.17) is 28.4 Å². The van der Waals surface area contributed by atoms with E-state index in [1.54, 1.807) is 18.2 Å². The van der Waals surface area contributed by atoms with Crippen LogP contribution in [0, 0.1) is 0 Å². The number of fused-ring (bicyclic) bond motifs is 7. The fraction of sp³-hybridized carbons (Fsp3) is 0.424. The Morgan fingerprint density at radius 3 is 2.56 bits per heavy atom. The minimum atomic E-state index is -2.66. The largest absolute Gasteiger partial charge is 0.508 e. The zero-order chi connectivity index (χ0) is 34.2.